The van der Waals surface area contributed by atoms with Crippen LogP contribution in [0.5, 0.6) is 17.4 Å². The molecule has 0 aliphatic rings. The predicted molar refractivity (Wildman–Crippen MR) is 109 cm³/mol. The summed E-state index contributed by atoms with van der Waals surface area (Å²) in [6, 6.07) is 12.8. The van der Waals surface area contributed by atoms with Crippen molar-refractivity contribution in [2.45, 2.75) is 0 Å². The molecule has 8 nitrogen and oxygen atoms in total. The van der Waals surface area contributed by atoms with E-state index in [1.165, 1.54) is 32.1 Å². The highest BCUT2D eigenvalue weighted by atomic mass is 35.5. The minimum Gasteiger partial charge on any atom is -0.493 e. The van der Waals surface area contributed by atoms with Crippen molar-refractivity contribution in [2.24, 2.45) is 0 Å². The lowest BCUT2D eigenvalue weighted by Gasteiger charge is -2.14. The van der Waals surface area contributed by atoms with E-state index in [1.807, 2.05) is 0 Å². The Balaban J connectivity index is 2.05. The number of hydrogen-bond acceptors (Lipinski definition) is 6. The van der Waals surface area contributed by atoms with Gasteiger partial charge < -0.3 is 19.5 Å². The van der Waals surface area contributed by atoms with Gasteiger partial charge in [-0.1, -0.05) is 17.7 Å². The van der Waals surface area contributed by atoms with Crippen LogP contribution in [0.3, 0.4) is 0 Å². The third kappa shape index (κ3) is 4.33. The standard InChI is InChI=1S/C20H18ClN3O5/c1-27-16-8-7-14(10-17(16)28-2)24-18(29-3)11-15(25)19(23-24)20(26)22-13-6-4-5-12(21)9-13/h4-11H,1-3H3,(H,22,26). The maximum atomic E-state index is 12.6. The molecule has 3 rings (SSSR count). The SMILES string of the molecule is COc1ccc(-n2nc(C(=O)Nc3cccc(Cl)c3)c(=O)cc2OC)cc1OC. The Bertz CT molecular complexity index is 1110. The Morgan fingerprint density at radius 3 is 2.41 bits per heavy atom. The zero-order valence-electron chi connectivity index (χ0n) is 15.9. The van der Waals surface area contributed by atoms with E-state index in [9.17, 15) is 9.59 Å². The first-order chi connectivity index (χ1) is 14.0. The van der Waals surface area contributed by atoms with Gasteiger partial charge >= 0.3 is 0 Å². The summed E-state index contributed by atoms with van der Waals surface area (Å²) < 4.78 is 17.1. The Morgan fingerprint density at radius 1 is 1.00 bits per heavy atom. The summed E-state index contributed by atoms with van der Waals surface area (Å²) >= 11 is 5.93. The second-order valence-electron chi connectivity index (χ2n) is 5.82. The third-order valence-electron chi connectivity index (χ3n) is 4.02. The molecule has 0 atom stereocenters. The molecule has 29 heavy (non-hydrogen) atoms. The van der Waals surface area contributed by atoms with Gasteiger partial charge in [-0.15, -0.1) is 0 Å². The van der Waals surface area contributed by atoms with Crippen molar-refractivity contribution in [1.82, 2.24) is 9.78 Å². The van der Waals surface area contributed by atoms with Gasteiger partial charge in [0.2, 0.25) is 11.3 Å². The summed E-state index contributed by atoms with van der Waals surface area (Å²) in [4.78, 5) is 25.1. The van der Waals surface area contributed by atoms with Crippen molar-refractivity contribution in [3.63, 3.8) is 0 Å². The molecule has 0 aliphatic carbocycles. The van der Waals surface area contributed by atoms with Crippen molar-refractivity contribution in [3.8, 4) is 23.1 Å². The Labute approximate surface area is 171 Å². The quantitative estimate of drug-likeness (QED) is 0.664. The topological polar surface area (TPSA) is 91.7 Å². The number of carbonyl (C=O) groups excluding carboxylic acids is 1. The average molecular weight is 416 g/mol. The zero-order valence-corrected chi connectivity index (χ0v) is 16.7. The highest BCUT2D eigenvalue weighted by molar-refractivity contribution is 6.30. The minimum atomic E-state index is -0.672. The van der Waals surface area contributed by atoms with Gasteiger partial charge in [-0.2, -0.15) is 9.78 Å². The lowest BCUT2D eigenvalue weighted by molar-refractivity contribution is 0.101. The van der Waals surface area contributed by atoms with Crippen LogP contribution in [0.4, 0.5) is 5.69 Å². The number of nitrogens with zero attached hydrogens (tertiary/aromatic N) is 2. The first-order valence-electron chi connectivity index (χ1n) is 8.44. The molecule has 2 aromatic carbocycles. The molecule has 1 amide bonds. The molecule has 0 spiro atoms. The predicted octanol–water partition coefficient (Wildman–Crippen LogP) is 3.16. The third-order valence-corrected chi connectivity index (χ3v) is 4.25. The summed E-state index contributed by atoms with van der Waals surface area (Å²) in [7, 11) is 4.43. The molecule has 9 heteroatoms. The Morgan fingerprint density at radius 2 is 1.76 bits per heavy atom. The fourth-order valence-electron chi connectivity index (χ4n) is 2.64. The van der Waals surface area contributed by atoms with Gasteiger partial charge in [-0.3, -0.25) is 9.59 Å². The van der Waals surface area contributed by atoms with Gasteiger partial charge in [0.25, 0.3) is 5.91 Å². The molecule has 0 saturated heterocycles. The summed E-state index contributed by atoms with van der Waals surface area (Å²) in [5.74, 6) is 0.461. The van der Waals surface area contributed by atoms with Crippen LogP contribution in [0, 0.1) is 0 Å². The lowest BCUT2D eigenvalue weighted by Crippen LogP contribution is -2.26. The van der Waals surface area contributed by atoms with E-state index < -0.39 is 11.3 Å². The number of methoxy groups -OCH3 is 3. The van der Waals surface area contributed by atoms with E-state index >= 15 is 0 Å². The summed E-state index contributed by atoms with van der Waals surface area (Å²) in [5.41, 5.74) is 0.0622. The molecule has 0 fully saturated rings. The Hall–Kier alpha value is -3.52. The van der Waals surface area contributed by atoms with E-state index in [1.54, 1.807) is 42.5 Å². The van der Waals surface area contributed by atoms with Crippen molar-refractivity contribution < 1.29 is 19.0 Å². The van der Waals surface area contributed by atoms with E-state index in [0.717, 1.165) is 0 Å². The van der Waals surface area contributed by atoms with E-state index in [-0.39, 0.29) is 11.6 Å². The van der Waals surface area contributed by atoms with Gasteiger partial charge in [-0.25, -0.2) is 0 Å². The van der Waals surface area contributed by atoms with Crippen LogP contribution in [0.15, 0.2) is 53.3 Å². The smallest absolute Gasteiger partial charge is 0.280 e. The molecular formula is C20H18ClN3O5. The van der Waals surface area contributed by atoms with Gasteiger partial charge in [-0.05, 0) is 30.3 Å². The van der Waals surface area contributed by atoms with Crippen molar-refractivity contribution in [3.05, 3.63) is 69.5 Å². The average Bonchev–Trinajstić information content (AvgIpc) is 2.72. The molecule has 1 heterocycles. The fourth-order valence-corrected chi connectivity index (χ4v) is 2.83. The number of rotatable bonds is 6. The van der Waals surface area contributed by atoms with E-state index in [4.69, 9.17) is 25.8 Å². The highest BCUT2D eigenvalue weighted by Crippen LogP contribution is 2.30. The second-order valence-corrected chi connectivity index (χ2v) is 6.25. The zero-order chi connectivity index (χ0) is 21.0. The number of benzene rings is 2. The minimum absolute atomic E-state index is 0.154. The van der Waals surface area contributed by atoms with Gasteiger partial charge in [0, 0.05) is 16.8 Å². The number of aromatic nitrogens is 2. The Kier molecular flexibility index (Phi) is 6.04. The van der Waals surface area contributed by atoms with Crippen LogP contribution in [0.2, 0.25) is 5.02 Å². The molecule has 3 aromatic rings. The van der Waals surface area contributed by atoms with Crippen LogP contribution >= 0.6 is 11.6 Å². The molecule has 0 unspecified atom stereocenters. The number of carbonyl (C=O) groups is 1. The van der Waals surface area contributed by atoms with E-state index in [2.05, 4.69) is 10.4 Å². The van der Waals surface area contributed by atoms with Gasteiger partial charge in [0.05, 0.1) is 33.1 Å². The fraction of sp³-hybridized carbons (Fsp3) is 0.150. The second kappa shape index (κ2) is 8.66. The maximum Gasteiger partial charge on any atom is 0.280 e. The first kappa shape index (κ1) is 20.2. The molecule has 1 aromatic heterocycles. The maximum absolute atomic E-state index is 12.6. The van der Waals surface area contributed by atoms with Crippen molar-refractivity contribution in [2.75, 3.05) is 26.6 Å². The normalized spacial score (nSPS) is 10.3. The van der Waals surface area contributed by atoms with Crippen molar-refractivity contribution >= 4 is 23.2 Å². The van der Waals surface area contributed by atoms with E-state index in [0.29, 0.717) is 27.9 Å². The molecule has 0 saturated carbocycles. The number of halogens is 1. The summed E-state index contributed by atoms with van der Waals surface area (Å²) in [5, 5.41) is 7.26. The largest absolute Gasteiger partial charge is 0.493 e. The molecule has 1 N–H and O–H groups in total. The van der Waals surface area contributed by atoms with Crippen LogP contribution in [0.25, 0.3) is 5.69 Å². The molecular weight excluding hydrogens is 398 g/mol. The molecule has 0 aliphatic heterocycles. The van der Waals surface area contributed by atoms with Crippen LogP contribution in [-0.4, -0.2) is 37.0 Å². The first-order valence-corrected chi connectivity index (χ1v) is 8.82. The van der Waals surface area contributed by atoms with Gasteiger partial charge in [0.1, 0.15) is 0 Å². The number of amides is 1. The summed E-state index contributed by atoms with van der Waals surface area (Å²) in [6.07, 6.45) is 0. The van der Waals surface area contributed by atoms with Crippen LogP contribution in [0.1, 0.15) is 10.5 Å². The number of hydrogen-bond donors (Lipinski definition) is 1. The number of ether oxygens (including phenoxy) is 3. The number of anilines is 1. The summed E-state index contributed by atoms with van der Waals surface area (Å²) in [6.45, 7) is 0. The van der Waals surface area contributed by atoms with Crippen LogP contribution < -0.4 is 25.0 Å². The molecule has 0 radical (unpaired) electrons. The lowest BCUT2D eigenvalue weighted by atomic mass is 10.2. The molecule has 0 bridgehead atoms. The molecule has 150 valence electrons. The monoisotopic (exact) mass is 415 g/mol. The van der Waals surface area contributed by atoms with Crippen LogP contribution in [-0.2, 0) is 0 Å². The highest BCUT2D eigenvalue weighted by Gasteiger charge is 2.18. The van der Waals surface area contributed by atoms with Crippen molar-refractivity contribution in [1.29, 1.82) is 0 Å². The van der Waals surface area contributed by atoms with Gasteiger partial charge in [0.15, 0.2) is 17.2 Å². The number of nitrogens with one attached hydrogen (secondary N) is 1.